The van der Waals surface area contributed by atoms with Crippen molar-refractivity contribution >= 4 is 11.0 Å². The summed E-state index contributed by atoms with van der Waals surface area (Å²) in [4.78, 5) is 4.95. The summed E-state index contributed by atoms with van der Waals surface area (Å²) in [6.45, 7) is 7.16. The second kappa shape index (κ2) is 12.5. The van der Waals surface area contributed by atoms with Crippen LogP contribution in [0.5, 0.6) is 17.2 Å². The van der Waals surface area contributed by atoms with Gasteiger partial charge in [-0.05, 0) is 42.3 Å². The minimum atomic E-state index is -0.623. The second-order valence-electron chi connectivity index (χ2n) is 11.3. The Morgan fingerprint density at radius 3 is 2.22 bits per heavy atom. The molecule has 0 N–H and O–H groups in total. The van der Waals surface area contributed by atoms with Gasteiger partial charge in [0.2, 0.25) is 23.8 Å². The monoisotopic (exact) mass is 618 g/mol. The van der Waals surface area contributed by atoms with Crippen LogP contribution in [0.3, 0.4) is 0 Å². The predicted molar refractivity (Wildman–Crippen MR) is 170 cm³/mol. The first kappa shape index (κ1) is 29.2. The topological polar surface area (TPSA) is 93.7 Å². The van der Waals surface area contributed by atoms with Crippen LogP contribution in [0, 0.1) is 5.82 Å². The molecule has 6 aromatic rings. The fourth-order valence-electron chi connectivity index (χ4n) is 5.50. The average molecular weight is 619 g/mol. The van der Waals surface area contributed by atoms with Gasteiger partial charge in [0.05, 0.1) is 35.3 Å². The van der Waals surface area contributed by atoms with Gasteiger partial charge in [-0.2, -0.15) is 0 Å². The number of rotatable bonds is 12. The smallest absolute Gasteiger partial charge is 0.247 e. The summed E-state index contributed by atoms with van der Waals surface area (Å²) < 4.78 is 48.8. The molecule has 3 heterocycles. The Bertz CT molecular complexity index is 1970. The molecule has 9 nitrogen and oxygen atoms in total. The van der Waals surface area contributed by atoms with Crippen molar-refractivity contribution in [1.29, 1.82) is 0 Å². The molecule has 0 bridgehead atoms. The lowest BCUT2D eigenvalue weighted by Crippen LogP contribution is -2.49. The molecule has 7 rings (SSSR count). The van der Waals surface area contributed by atoms with Crippen molar-refractivity contribution < 1.29 is 27.8 Å². The SMILES string of the molecule is C=CCOc1cc(-c2nc3ccc(-c4nnco4)cc3n2C2(C)COC2)c(F)c(OCc2ccccc2)c1OCc1ccccc1. The third-order valence-corrected chi connectivity index (χ3v) is 7.82. The zero-order valence-electron chi connectivity index (χ0n) is 25.2. The molecule has 0 atom stereocenters. The summed E-state index contributed by atoms with van der Waals surface area (Å²) >= 11 is 0. The van der Waals surface area contributed by atoms with Gasteiger partial charge >= 0.3 is 0 Å². The summed E-state index contributed by atoms with van der Waals surface area (Å²) in [5.41, 5.74) is 3.62. The van der Waals surface area contributed by atoms with E-state index >= 15 is 4.39 Å². The highest BCUT2D eigenvalue weighted by molar-refractivity contribution is 5.85. The Morgan fingerprint density at radius 2 is 1.61 bits per heavy atom. The van der Waals surface area contributed by atoms with E-state index in [2.05, 4.69) is 23.7 Å². The summed E-state index contributed by atoms with van der Waals surface area (Å²) in [6.07, 6.45) is 2.90. The van der Waals surface area contributed by atoms with E-state index in [9.17, 15) is 0 Å². The van der Waals surface area contributed by atoms with Gasteiger partial charge in [-0.15, -0.1) is 10.2 Å². The molecular formula is C36H31FN4O5. The molecule has 10 heteroatoms. The quantitative estimate of drug-likeness (QED) is 0.131. The summed E-state index contributed by atoms with van der Waals surface area (Å²) in [7, 11) is 0. The molecule has 1 aliphatic rings. The Morgan fingerprint density at radius 1 is 0.913 bits per heavy atom. The molecule has 4 aromatic carbocycles. The maximum atomic E-state index is 17.1. The van der Waals surface area contributed by atoms with Gasteiger partial charge in [0.15, 0.2) is 11.6 Å². The number of hydrogen-bond donors (Lipinski definition) is 0. The van der Waals surface area contributed by atoms with Crippen LogP contribution in [0.25, 0.3) is 33.9 Å². The normalized spacial score (nSPS) is 13.7. The maximum absolute atomic E-state index is 17.1. The number of hydrogen-bond acceptors (Lipinski definition) is 8. The lowest BCUT2D eigenvalue weighted by molar-refractivity contribution is -0.0868. The van der Waals surface area contributed by atoms with Crippen molar-refractivity contribution in [2.75, 3.05) is 19.8 Å². The van der Waals surface area contributed by atoms with E-state index in [0.29, 0.717) is 41.8 Å². The van der Waals surface area contributed by atoms with Crippen LogP contribution < -0.4 is 14.2 Å². The van der Waals surface area contributed by atoms with Gasteiger partial charge in [0.25, 0.3) is 0 Å². The highest BCUT2D eigenvalue weighted by atomic mass is 19.1. The minimum absolute atomic E-state index is 0.0727. The van der Waals surface area contributed by atoms with Crippen LogP contribution in [0.1, 0.15) is 18.1 Å². The largest absolute Gasteiger partial charge is 0.485 e. The van der Waals surface area contributed by atoms with Gasteiger partial charge in [-0.1, -0.05) is 73.3 Å². The number of benzene rings is 4. The lowest BCUT2D eigenvalue weighted by Gasteiger charge is -2.41. The van der Waals surface area contributed by atoms with Crippen LogP contribution in [-0.4, -0.2) is 39.6 Å². The van der Waals surface area contributed by atoms with Crippen molar-refractivity contribution in [3.05, 3.63) is 121 Å². The fraction of sp³-hybridized carbons (Fsp3) is 0.194. The van der Waals surface area contributed by atoms with E-state index in [1.54, 1.807) is 12.1 Å². The highest BCUT2D eigenvalue weighted by Crippen LogP contribution is 2.47. The molecule has 1 aliphatic heterocycles. The molecule has 0 aliphatic carbocycles. The minimum Gasteiger partial charge on any atom is -0.485 e. The van der Waals surface area contributed by atoms with E-state index in [0.717, 1.165) is 16.6 Å². The first-order chi connectivity index (χ1) is 22.5. The number of ether oxygens (including phenoxy) is 4. The molecule has 0 saturated carbocycles. The Balaban J connectivity index is 1.41. The van der Waals surface area contributed by atoms with Crippen molar-refractivity contribution in [2.24, 2.45) is 0 Å². The van der Waals surface area contributed by atoms with Crippen LogP contribution in [0.15, 0.2) is 108 Å². The number of aromatic nitrogens is 4. The number of fused-ring (bicyclic) bond motifs is 1. The molecule has 2 aromatic heterocycles. The van der Waals surface area contributed by atoms with Crippen LogP contribution in [-0.2, 0) is 23.5 Å². The summed E-state index contributed by atoms with van der Waals surface area (Å²) in [5, 5.41) is 7.87. The van der Waals surface area contributed by atoms with Crippen molar-refractivity contribution in [3.8, 4) is 40.1 Å². The van der Waals surface area contributed by atoms with E-state index in [4.69, 9.17) is 28.3 Å². The van der Waals surface area contributed by atoms with E-state index < -0.39 is 11.4 Å². The molecule has 1 fully saturated rings. The maximum Gasteiger partial charge on any atom is 0.247 e. The van der Waals surface area contributed by atoms with Gasteiger partial charge in [-0.3, -0.25) is 0 Å². The molecule has 46 heavy (non-hydrogen) atoms. The van der Waals surface area contributed by atoms with Crippen LogP contribution >= 0.6 is 0 Å². The van der Waals surface area contributed by atoms with Gasteiger partial charge < -0.3 is 27.9 Å². The summed E-state index contributed by atoms with van der Waals surface area (Å²) in [5.74, 6) is 0.523. The van der Waals surface area contributed by atoms with E-state index in [1.807, 2.05) is 83.4 Å². The number of nitrogens with zero attached hydrogens (tertiary/aromatic N) is 4. The second-order valence-corrected chi connectivity index (χ2v) is 11.3. The molecule has 0 unspecified atom stereocenters. The predicted octanol–water partition coefficient (Wildman–Crippen LogP) is 7.36. The number of imidazole rings is 1. The lowest BCUT2D eigenvalue weighted by atomic mass is 9.98. The molecule has 0 amide bonds. The standard InChI is InChI=1S/C36H31FN4O5/c1-3-16-43-30-18-27(31(37)33(45-20-25-12-8-5-9-13-25)32(30)44-19-24-10-6-4-7-11-24)34-39-28-15-14-26(35-40-38-23-46-35)17-29(28)41(34)36(2)21-42-22-36/h3-15,17-18,23H,1,16,19-22H2,2H3. The average Bonchev–Trinajstić information content (AvgIpc) is 3.75. The third-order valence-electron chi connectivity index (χ3n) is 7.82. The number of halogens is 1. The molecular weight excluding hydrogens is 587 g/mol. The molecule has 0 radical (unpaired) electrons. The van der Waals surface area contributed by atoms with Gasteiger partial charge in [0.1, 0.15) is 25.6 Å². The Labute approximate surface area is 264 Å². The van der Waals surface area contributed by atoms with Crippen molar-refractivity contribution in [3.63, 3.8) is 0 Å². The fourth-order valence-corrected chi connectivity index (χ4v) is 5.50. The van der Waals surface area contributed by atoms with Gasteiger partial charge in [0, 0.05) is 5.56 Å². The summed E-state index contributed by atoms with van der Waals surface area (Å²) in [6, 6.07) is 26.4. The zero-order chi connectivity index (χ0) is 31.5. The van der Waals surface area contributed by atoms with Gasteiger partial charge in [-0.25, -0.2) is 9.37 Å². The van der Waals surface area contributed by atoms with Crippen molar-refractivity contribution in [2.45, 2.75) is 25.7 Å². The molecule has 232 valence electrons. The van der Waals surface area contributed by atoms with Crippen LogP contribution in [0.4, 0.5) is 4.39 Å². The molecule has 0 spiro atoms. The first-order valence-corrected chi connectivity index (χ1v) is 14.9. The Hall–Kier alpha value is -5.48. The zero-order valence-corrected chi connectivity index (χ0v) is 25.2. The highest BCUT2D eigenvalue weighted by Gasteiger charge is 2.40. The van der Waals surface area contributed by atoms with Crippen LogP contribution in [0.2, 0.25) is 0 Å². The van der Waals surface area contributed by atoms with Crippen molar-refractivity contribution in [1.82, 2.24) is 19.7 Å². The Kier molecular flexibility index (Phi) is 7.94. The molecule has 1 saturated heterocycles. The van der Waals surface area contributed by atoms with E-state index in [1.165, 1.54) is 6.39 Å². The third kappa shape index (κ3) is 5.59. The van der Waals surface area contributed by atoms with E-state index in [-0.39, 0.29) is 36.9 Å². The first-order valence-electron chi connectivity index (χ1n) is 14.9.